The topological polar surface area (TPSA) is 24.7 Å². The van der Waals surface area contributed by atoms with E-state index in [0.29, 0.717) is 0 Å². The summed E-state index contributed by atoms with van der Waals surface area (Å²) in [4.78, 5) is 7.71. The van der Waals surface area contributed by atoms with E-state index in [9.17, 15) is 13.2 Å². The monoisotopic (exact) mass is 294 g/mol. The number of nitrogens with zero attached hydrogens (tertiary/aromatic N) is 2. The number of rotatable bonds is 0. The first kappa shape index (κ1) is 12.5. The van der Waals surface area contributed by atoms with Crippen molar-refractivity contribution in [3.63, 3.8) is 0 Å². The maximum absolute atomic E-state index is 12.6. The zero-order valence-corrected chi connectivity index (χ0v) is 10.3. The van der Waals surface area contributed by atoms with Crippen molar-refractivity contribution in [1.82, 2.24) is 0 Å². The number of halogens is 4. The lowest BCUT2D eigenvalue weighted by molar-refractivity contribution is -0.137. The van der Waals surface area contributed by atoms with Crippen LogP contribution in [0.4, 0.5) is 13.2 Å². The van der Waals surface area contributed by atoms with E-state index in [0.717, 1.165) is 12.1 Å². The lowest BCUT2D eigenvalue weighted by atomic mass is 10.2. The van der Waals surface area contributed by atoms with Crippen LogP contribution in [-0.2, 0) is 6.18 Å². The van der Waals surface area contributed by atoms with Crippen molar-refractivity contribution >= 4 is 46.0 Å². The molecule has 1 aromatic rings. The van der Waals surface area contributed by atoms with Crippen LogP contribution >= 0.6 is 36.0 Å². The third kappa shape index (κ3) is 2.36. The van der Waals surface area contributed by atoms with Gasteiger partial charge in [0.2, 0.25) is 0 Å². The molecule has 0 aliphatic carbocycles. The summed E-state index contributed by atoms with van der Waals surface area (Å²) in [6, 6.07) is 1.90. The fourth-order valence-corrected chi connectivity index (χ4v) is 1.82. The molecule has 1 aromatic carbocycles. The molecule has 0 saturated heterocycles. The smallest absolute Gasteiger partial charge is 0.232 e. The average Bonchev–Trinajstić information content (AvgIpc) is 2.18. The van der Waals surface area contributed by atoms with Gasteiger partial charge in [-0.25, -0.2) is 9.98 Å². The van der Waals surface area contributed by atoms with Crippen LogP contribution in [0.25, 0.3) is 0 Å². The van der Waals surface area contributed by atoms with Crippen molar-refractivity contribution in [2.45, 2.75) is 6.18 Å². The summed E-state index contributed by atoms with van der Waals surface area (Å²) < 4.78 is 37.7. The molecule has 0 aromatic heterocycles. The molecule has 1 heterocycles. The highest BCUT2D eigenvalue weighted by Crippen LogP contribution is 2.32. The molecule has 1 aliphatic rings. The van der Waals surface area contributed by atoms with Crippen molar-refractivity contribution in [2.24, 2.45) is 9.98 Å². The van der Waals surface area contributed by atoms with E-state index < -0.39 is 16.8 Å². The highest BCUT2D eigenvalue weighted by atomic mass is 35.5. The fourth-order valence-electron chi connectivity index (χ4n) is 1.26. The Hall–Kier alpha value is -0.920. The average molecular weight is 295 g/mol. The maximum Gasteiger partial charge on any atom is 0.417 e. The Morgan fingerprint density at radius 3 is 1.94 bits per heavy atom. The lowest BCUT2D eigenvalue weighted by Gasteiger charge is -2.09. The Morgan fingerprint density at radius 2 is 1.47 bits per heavy atom. The number of hydrogen-bond acceptors (Lipinski definition) is 2. The second-order valence-electron chi connectivity index (χ2n) is 3.15. The van der Waals surface area contributed by atoms with Gasteiger partial charge in [-0.3, -0.25) is 0 Å². The molecule has 0 radical (unpaired) electrons. The molecule has 17 heavy (non-hydrogen) atoms. The standard InChI is InChI=1S/C9H2ClF3N2S2/c10-4-2-6-5(1-3(4)9(11,12)13)14-7(16)8(17)15-6/h1-2H. The van der Waals surface area contributed by atoms with Crippen LogP contribution in [0.2, 0.25) is 5.02 Å². The Bertz CT molecular complexity index is 651. The molecule has 88 valence electrons. The normalized spacial score (nSPS) is 15.1. The van der Waals surface area contributed by atoms with Gasteiger partial charge < -0.3 is 0 Å². The maximum atomic E-state index is 12.6. The Kier molecular flexibility index (Phi) is 3.01. The van der Waals surface area contributed by atoms with E-state index in [2.05, 4.69) is 9.98 Å². The molecular weight excluding hydrogens is 293 g/mol. The molecule has 0 fully saturated rings. The molecule has 2 rings (SSSR count). The second-order valence-corrected chi connectivity index (χ2v) is 4.33. The SMILES string of the molecule is FC(F)(F)c1cc2c(cc1Cl)=NC(=S)C(=S)N=2. The van der Waals surface area contributed by atoms with Crippen LogP contribution in [0.15, 0.2) is 22.1 Å². The molecule has 0 bridgehead atoms. The molecule has 0 amide bonds. The van der Waals surface area contributed by atoms with Crippen LogP contribution in [0.3, 0.4) is 0 Å². The van der Waals surface area contributed by atoms with Crippen LogP contribution in [0.5, 0.6) is 0 Å². The molecule has 8 heteroatoms. The van der Waals surface area contributed by atoms with E-state index in [1.54, 1.807) is 0 Å². The summed E-state index contributed by atoms with van der Waals surface area (Å²) in [5, 5.41) is -0.215. The van der Waals surface area contributed by atoms with Crippen LogP contribution in [0.1, 0.15) is 5.56 Å². The molecule has 1 aliphatic heterocycles. The molecule has 0 unspecified atom stereocenters. The molecule has 0 spiro atoms. The zero-order valence-electron chi connectivity index (χ0n) is 7.88. The number of thiocarbonyl (C=S) groups is 2. The molecule has 0 atom stereocenters. The number of benzene rings is 1. The van der Waals surface area contributed by atoms with E-state index >= 15 is 0 Å². The third-order valence-corrected chi connectivity index (χ3v) is 3.01. The van der Waals surface area contributed by atoms with Gasteiger partial charge in [0.25, 0.3) is 0 Å². The van der Waals surface area contributed by atoms with Gasteiger partial charge >= 0.3 is 6.18 Å². The highest BCUT2D eigenvalue weighted by molar-refractivity contribution is 7.89. The highest BCUT2D eigenvalue weighted by Gasteiger charge is 2.33. The Morgan fingerprint density at radius 1 is 1.00 bits per heavy atom. The molecule has 0 saturated carbocycles. The van der Waals surface area contributed by atoms with Crippen molar-refractivity contribution in [3.05, 3.63) is 33.4 Å². The van der Waals surface area contributed by atoms with Gasteiger partial charge in [0.15, 0.2) is 9.98 Å². The molecule has 0 N–H and O–H groups in total. The lowest BCUT2D eigenvalue weighted by Crippen LogP contribution is -2.34. The van der Waals surface area contributed by atoms with Gasteiger partial charge in [-0.15, -0.1) is 0 Å². The summed E-state index contributed by atoms with van der Waals surface area (Å²) in [5.74, 6) is 0. The van der Waals surface area contributed by atoms with Crippen molar-refractivity contribution in [1.29, 1.82) is 0 Å². The van der Waals surface area contributed by atoms with Crippen molar-refractivity contribution in [3.8, 4) is 0 Å². The van der Waals surface area contributed by atoms with E-state index in [4.69, 9.17) is 36.0 Å². The van der Waals surface area contributed by atoms with E-state index in [-0.39, 0.29) is 20.7 Å². The van der Waals surface area contributed by atoms with Crippen LogP contribution in [0, 0.1) is 0 Å². The van der Waals surface area contributed by atoms with Crippen LogP contribution < -0.4 is 10.7 Å². The Labute approximate surface area is 109 Å². The van der Waals surface area contributed by atoms with Gasteiger partial charge in [-0.2, -0.15) is 13.2 Å². The zero-order chi connectivity index (χ0) is 12.8. The minimum atomic E-state index is -4.54. The minimum Gasteiger partial charge on any atom is -0.232 e. The summed E-state index contributed by atoms with van der Waals surface area (Å²) in [6.07, 6.45) is -4.54. The Balaban J connectivity index is 2.80. The fraction of sp³-hybridized carbons (Fsp3) is 0.111. The summed E-state index contributed by atoms with van der Waals surface area (Å²) in [5.41, 5.74) is -0.965. The summed E-state index contributed by atoms with van der Waals surface area (Å²) in [7, 11) is 0. The first-order chi connectivity index (χ1) is 7.79. The van der Waals surface area contributed by atoms with Crippen molar-refractivity contribution < 1.29 is 13.2 Å². The third-order valence-electron chi connectivity index (χ3n) is 2.00. The first-order valence-corrected chi connectivity index (χ1v) is 5.41. The van der Waals surface area contributed by atoms with Crippen LogP contribution in [-0.4, -0.2) is 9.98 Å². The first-order valence-electron chi connectivity index (χ1n) is 4.21. The number of hydrogen-bond donors (Lipinski definition) is 0. The van der Waals surface area contributed by atoms with Gasteiger partial charge in [0.1, 0.15) is 0 Å². The largest absolute Gasteiger partial charge is 0.417 e. The summed E-state index contributed by atoms with van der Waals surface area (Å²) in [6.45, 7) is 0. The quantitative estimate of drug-likeness (QED) is 0.686. The predicted molar refractivity (Wildman–Crippen MR) is 64.0 cm³/mol. The minimum absolute atomic E-state index is 0.00273. The van der Waals surface area contributed by atoms with E-state index in [1.165, 1.54) is 0 Å². The summed E-state index contributed by atoms with van der Waals surface area (Å²) >= 11 is 15.1. The van der Waals surface area contributed by atoms with Gasteiger partial charge in [0, 0.05) is 0 Å². The van der Waals surface area contributed by atoms with Gasteiger partial charge in [-0.05, 0) is 12.1 Å². The molecular formula is C9H2ClF3N2S2. The van der Waals surface area contributed by atoms with Crippen molar-refractivity contribution in [2.75, 3.05) is 0 Å². The number of alkyl halides is 3. The van der Waals surface area contributed by atoms with Gasteiger partial charge in [0.05, 0.1) is 21.3 Å². The van der Waals surface area contributed by atoms with E-state index in [1.807, 2.05) is 0 Å². The second kappa shape index (κ2) is 4.08. The number of fused-ring (bicyclic) bond motifs is 1. The molecule has 2 nitrogen and oxygen atoms in total. The predicted octanol–water partition coefficient (Wildman–Crippen LogP) is 2.27. The van der Waals surface area contributed by atoms with Gasteiger partial charge in [-0.1, -0.05) is 36.0 Å².